The number of carbonyl (C=O) groups is 1. The second-order valence-electron chi connectivity index (χ2n) is 6.01. The highest BCUT2D eigenvalue weighted by molar-refractivity contribution is 5.68. The molecule has 136 valence electrons. The molecule has 1 aliphatic heterocycles. The van der Waals surface area contributed by atoms with Crippen molar-refractivity contribution >= 4 is 6.09 Å². The van der Waals surface area contributed by atoms with Crippen LogP contribution < -0.4 is 4.74 Å². The predicted molar refractivity (Wildman–Crippen MR) is 96.4 cm³/mol. The molecular formula is C20H17N3O4. The van der Waals surface area contributed by atoms with Gasteiger partial charge in [0.1, 0.15) is 12.0 Å². The molecule has 2 aromatic carbocycles. The fourth-order valence-corrected chi connectivity index (χ4v) is 2.69. The Balaban J connectivity index is 1.26. The van der Waals surface area contributed by atoms with Crippen LogP contribution >= 0.6 is 0 Å². The molecule has 27 heavy (non-hydrogen) atoms. The van der Waals surface area contributed by atoms with Crippen molar-refractivity contribution in [3.63, 3.8) is 0 Å². The monoisotopic (exact) mass is 363 g/mol. The van der Waals surface area contributed by atoms with Crippen LogP contribution in [0.2, 0.25) is 0 Å². The molecule has 0 spiro atoms. The number of cyclic esters (lactones) is 1. The van der Waals surface area contributed by atoms with Crippen molar-refractivity contribution in [1.82, 2.24) is 4.98 Å². The molecule has 7 heteroatoms. The molecule has 1 atom stereocenters. The standard InChI is InChI=1S/C20H17N3O4/c24-20-23-22-18(27-20)12-14-6-8-17(9-7-14)25-11-10-16-13-26-19(21-16)15-4-2-1-3-5-15/h1-9,13,18H,10-12H2. The molecule has 2 heterocycles. The Kier molecular flexibility index (Phi) is 4.91. The molecule has 1 amide bonds. The molecule has 0 saturated heterocycles. The van der Waals surface area contributed by atoms with E-state index in [1.165, 1.54) is 0 Å². The van der Waals surface area contributed by atoms with E-state index in [4.69, 9.17) is 13.9 Å². The Labute approximate surface area is 155 Å². The molecule has 0 aliphatic carbocycles. The van der Waals surface area contributed by atoms with E-state index in [1.807, 2.05) is 54.6 Å². The summed E-state index contributed by atoms with van der Waals surface area (Å²) in [5.41, 5.74) is 2.79. The van der Waals surface area contributed by atoms with Gasteiger partial charge in [0.05, 0.1) is 12.3 Å². The SMILES string of the molecule is O=C1N=NC(Cc2ccc(OCCc3coc(-c4ccccc4)n3)cc2)O1. The van der Waals surface area contributed by atoms with Crippen molar-refractivity contribution in [2.75, 3.05) is 6.61 Å². The van der Waals surface area contributed by atoms with E-state index in [0.29, 0.717) is 25.3 Å². The van der Waals surface area contributed by atoms with Gasteiger partial charge in [-0.05, 0) is 29.8 Å². The normalized spacial score (nSPS) is 15.7. The Morgan fingerprint density at radius 3 is 2.59 bits per heavy atom. The van der Waals surface area contributed by atoms with E-state index >= 15 is 0 Å². The molecule has 0 N–H and O–H groups in total. The topological polar surface area (TPSA) is 86.3 Å². The summed E-state index contributed by atoms with van der Waals surface area (Å²) in [6.07, 6.45) is 1.64. The van der Waals surface area contributed by atoms with E-state index in [2.05, 4.69) is 15.2 Å². The van der Waals surface area contributed by atoms with Gasteiger partial charge in [-0.25, -0.2) is 9.78 Å². The van der Waals surface area contributed by atoms with Crippen LogP contribution in [0.5, 0.6) is 5.75 Å². The van der Waals surface area contributed by atoms with Gasteiger partial charge in [-0.2, -0.15) is 0 Å². The Bertz CT molecular complexity index is 935. The van der Waals surface area contributed by atoms with Crippen LogP contribution in [0, 0.1) is 0 Å². The third-order valence-corrected chi connectivity index (χ3v) is 4.04. The zero-order valence-corrected chi connectivity index (χ0v) is 14.4. The summed E-state index contributed by atoms with van der Waals surface area (Å²) in [5, 5.41) is 7.09. The first-order valence-electron chi connectivity index (χ1n) is 8.59. The molecule has 4 rings (SSSR count). The Morgan fingerprint density at radius 2 is 1.85 bits per heavy atom. The summed E-state index contributed by atoms with van der Waals surface area (Å²) in [5.74, 6) is 1.37. The lowest BCUT2D eigenvalue weighted by atomic mass is 10.1. The van der Waals surface area contributed by atoms with Gasteiger partial charge in [-0.3, -0.25) is 0 Å². The number of aromatic nitrogens is 1. The van der Waals surface area contributed by atoms with E-state index in [9.17, 15) is 4.79 Å². The summed E-state index contributed by atoms with van der Waals surface area (Å²) in [6.45, 7) is 0.495. The first kappa shape index (κ1) is 17.0. The fraction of sp³-hybridized carbons (Fsp3) is 0.200. The average Bonchev–Trinajstić information content (AvgIpc) is 3.33. The highest BCUT2D eigenvalue weighted by atomic mass is 16.6. The van der Waals surface area contributed by atoms with Crippen molar-refractivity contribution in [2.24, 2.45) is 10.2 Å². The van der Waals surface area contributed by atoms with Gasteiger partial charge in [0.2, 0.25) is 12.1 Å². The molecule has 0 bridgehead atoms. The minimum atomic E-state index is -0.636. The molecule has 0 saturated carbocycles. The molecule has 1 aliphatic rings. The van der Waals surface area contributed by atoms with Gasteiger partial charge in [0.15, 0.2) is 0 Å². The first-order valence-corrected chi connectivity index (χ1v) is 8.59. The highest BCUT2D eigenvalue weighted by Gasteiger charge is 2.20. The van der Waals surface area contributed by atoms with E-state index in [-0.39, 0.29) is 0 Å². The summed E-state index contributed by atoms with van der Waals surface area (Å²) in [6, 6.07) is 17.4. The van der Waals surface area contributed by atoms with Gasteiger partial charge in [0.25, 0.3) is 0 Å². The van der Waals surface area contributed by atoms with Crippen LogP contribution in [-0.2, 0) is 17.6 Å². The summed E-state index contributed by atoms with van der Waals surface area (Å²) >= 11 is 0. The number of amides is 1. The molecule has 7 nitrogen and oxygen atoms in total. The second-order valence-corrected chi connectivity index (χ2v) is 6.01. The number of azo groups is 1. The predicted octanol–water partition coefficient (Wildman–Crippen LogP) is 4.43. The minimum Gasteiger partial charge on any atom is -0.493 e. The summed E-state index contributed by atoms with van der Waals surface area (Å²) < 4.78 is 16.2. The van der Waals surface area contributed by atoms with Gasteiger partial charge in [0, 0.05) is 18.4 Å². The lowest BCUT2D eigenvalue weighted by Gasteiger charge is -2.08. The number of ether oxygens (including phenoxy) is 2. The van der Waals surface area contributed by atoms with Gasteiger partial charge < -0.3 is 13.9 Å². The van der Waals surface area contributed by atoms with Gasteiger partial charge >= 0.3 is 6.09 Å². The highest BCUT2D eigenvalue weighted by Crippen LogP contribution is 2.19. The van der Waals surface area contributed by atoms with Crippen molar-refractivity contribution in [3.05, 3.63) is 72.1 Å². The Hall–Kier alpha value is -3.48. The molecule has 1 aromatic heterocycles. The number of hydrogen-bond donors (Lipinski definition) is 0. The Morgan fingerprint density at radius 1 is 1.04 bits per heavy atom. The zero-order valence-electron chi connectivity index (χ0n) is 14.4. The largest absolute Gasteiger partial charge is 0.493 e. The van der Waals surface area contributed by atoms with Crippen LogP contribution in [0.25, 0.3) is 11.5 Å². The van der Waals surface area contributed by atoms with Crippen molar-refractivity contribution in [3.8, 4) is 17.2 Å². The van der Waals surface area contributed by atoms with Crippen molar-refractivity contribution in [2.45, 2.75) is 19.1 Å². The molecule has 0 fully saturated rings. The number of hydrogen-bond acceptors (Lipinski definition) is 6. The number of rotatable bonds is 7. The van der Waals surface area contributed by atoms with Gasteiger partial charge in [-0.1, -0.05) is 35.4 Å². The van der Waals surface area contributed by atoms with Crippen LogP contribution in [0.3, 0.4) is 0 Å². The fourth-order valence-electron chi connectivity index (χ4n) is 2.69. The van der Waals surface area contributed by atoms with Gasteiger partial charge in [-0.15, -0.1) is 5.11 Å². The lowest BCUT2D eigenvalue weighted by Crippen LogP contribution is -2.10. The zero-order chi connectivity index (χ0) is 18.5. The summed E-state index contributed by atoms with van der Waals surface area (Å²) in [7, 11) is 0. The van der Waals surface area contributed by atoms with Crippen molar-refractivity contribution in [1.29, 1.82) is 0 Å². The van der Waals surface area contributed by atoms with E-state index in [1.54, 1.807) is 6.26 Å². The van der Waals surface area contributed by atoms with Crippen molar-refractivity contribution < 1.29 is 18.7 Å². The quantitative estimate of drug-likeness (QED) is 0.619. The second kappa shape index (κ2) is 7.82. The number of benzene rings is 2. The van der Waals surface area contributed by atoms with Crippen LogP contribution in [0.1, 0.15) is 11.3 Å². The maximum Gasteiger partial charge on any atom is 0.454 e. The third kappa shape index (κ3) is 4.38. The maximum absolute atomic E-state index is 10.9. The number of oxazole rings is 1. The average molecular weight is 363 g/mol. The van der Waals surface area contributed by atoms with Crippen LogP contribution in [0.15, 0.2) is 75.5 Å². The minimum absolute atomic E-state index is 0.495. The first-order chi connectivity index (χ1) is 13.3. The molecule has 0 radical (unpaired) electrons. The molecule has 1 unspecified atom stereocenters. The smallest absolute Gasteiger partial charge is 0.454 e. The molecular weight excluding hydrogens is 346 g/mol. The van der Waals surface area contributed by atoms with Crippen LogP contribution in [-0.4, -0.2) is 23.9 Å². The third-order valence-electron chi connectivity index (χ3n) is 4.04. The van der Waals surface area contributed by atoms with Crippen LogP contribution in [0.4, 0.5) is 4.79 Å². The number of carbonyl (C=O) groups excluding carboxylic acids is 1. The lowest BCUT2D eigenvalue weighted by molar-refractivity contribution is 0.132. The maximum atomic E-state index is 10.9. The molecule has 3 aromatic rings. The number of nitrogens with zero attached hydrogens (tertiary/aromatic N) is 3. The summed E-state index contributed by atoms with van der Waals surface area (Å²) in [4.78, 5) is 15.4. The van der Waals surface area contributed by atoms with E-state index in [0.717, 1.165) is 22.6 Å². The van der Waals surface area contributed by atoms with E-state index < -0.39 is 12.3 Å².